The molecule has 0 radical (unpaired) electrons. The summed E-state index contributed by atoms with van der Waals surface area (Å²) in [7, 11) is -3.56. The molecule has 0 amide bonds. The van der Waals surface area contributed by atoms with E-state index in [-0.39, 0.29) is 5.92 Å². The van der Waals surface area contributed by atoms with Gasteiger partial charge < -0.3 is 10.2 Å². The largest absolute Gasteiger partial charge is 0.481 e. The van der Waals surface area contributed by atoms with E-state index in [1.807, 2.05) is 0 Å². The van der Waals surface area contributed by atoms with Crippen LogP contribution in [0.5, 0.6) is 0 Å². The number of aliphatic hydroxyl groups excluding tert-OH is 1. The van der Waals surface area contributed by atoms with E-state index in [0.29, 0.717) is 38.8 Å². The lowest BCUT2D eigenvalue weighted by Crippen LogP contribution is -2.41. The van der Waals surface area contributed by atoms with Crippen LogP contribution >= 0.6 is 0 Å². The minimum atomic E-state index is -3.56. The van der Waals surface area contributed by atoms with Crippen LogP contribution in [0.3, 0.4) is 0 Å². The molecule has 0 aromatic carbocycles. The van der Waals surface area contributed by atoms with Gasteiger partial charge >= 0.3 is 5.97 Å². The Kier molecular flexibility index (Phi) is 4.17. The molecule has 0 spiro atoms. The van der Waals surface area contributed by atoms with Crippen LogP contribution < -0.4 is 0 Å². The summed E-state index contributed by atoms with van der Waals surface area (Å²) < 4.78 is 26.4. The van der Waals surface area contributed by atoms with Gasteiger partial charge in [0.1, 0.15) is 0 Å². The van der Waals surface area contributed by atoms with Gasteiger partial charge in [0.2, 0.25) is 10.0 Å². The van der Waals surface area contributed by atoms with E-state index in [1.165, 1.54) is 4.31 Å². The number of hydrogen-bond donors (Lipinski definition) is 2. The van der Waals surface area contributed by atoms with Crippen molar-refractivity contribution in [1.82, 2.24) is 4.31 Å². The fraction of sp³-hybridized carbons (Fsp3) is 0.917. The van der Waals surface area contributed by atoms with Gasteiger partial charge in [0.05, 0.1) is 17.3 Å². The number of hydrogen-bond acceptors (Lipinski definition) is 4. The average molecular weight is 291 g/mol. The van der Waals surface area contributed by atoms with E-state index in [2.05, 4.69) is 0 Å². The van der Waals surface area contributed by atoms with E-state index in [9.17, 15) is 18.3 Å². The number of nitrogens with zero attached hydrogens (tertiary/aromatic N) is 1. The summed E-state index contributed by atoms with van der Waals surface area (Å²) in [6, 6.07) is 0. The molecule has 1 saturated carbocycles. The number of carboxylic acids is 1. The number of carboxylic acid groups (broad SMARTS) is 1. The average Bonchev–Trinajstić information content (AvgIpc) is 2.98. The summed E-state index contributed by atoms with van der Waals surface area (Å²) in [5, 5.41) is 17.8. The lowest BCUT2D eigenvalue weighted by molar-refractivity contribution is -0.141. The number of sulfonamides is 1. The van der Waals surface area contributed by atoms with Crippen molar-refractivity contribution in [2.45, 2.75) is 44.0 Å². The van der Waals surface area contributed by atoms with E-state index in [1.54, 1.807) is 6.92 Å². The van der Waals surface area contributed by atoms with Crippen molar-refractivity contribution in [2.24, 2.45) is 11.8 Å². The maximum absolute atomic E-state index is 12.5. The third-order valence-electron chi connectivity index (χ3n) is 4.38. The molecule has 6 nitrogen and oxygen atoms in total. The van der Waals surface area contributed by atoms with E-state index in [0.717, 1.165) is 0 Å². The second-order valence-corrected chi connectivity index (χ2v) is 7.76. The van der Waals surface area contributed by atoms with Crippen molar-refractivity contribution in [3.63, 3.8) is 0 Å². The van der Waals surface area contributed by atoms with Crippen molar-refractivity contribution in [3.8, 4) is 0 Å². The lowest BCUT2D eigenvalue weighted by atomic mass is 10.0. The van der Waals surface area contributed by atoms with Crippen LogP contribution in [0.4, 0.5) is 0 Å². The molecule has 4 atom stereocenters. The third-order valence-corrected chi connectivity index (χ3v) is 6.76. The minimum Gasteiger partial charge on any atom is -0.481 e. The first-order valence-electron chi connectivity index (χ1n) is 6.74. The van der Waals surface area contributed by atoms with Crippen molar-refractivity contribution in [3.05, 3.63) is 0 Å². The molecule has 1 heterocycles. The minimum absolute atomic E-state index is 0.0422. The molecule has 110 valence electrons. The molecule has 1 aliphatic heterocycles. The Morgan fingerprint density at radius 2 is 2.00 bits per heavy atom. The predicted molar refractivity (Wildman–Crippen MR) is 69.0 cm³/mol. The fourth-order valence-electron chi connectivity index (χ4n) is 3.14. The van der Waals surface area contributed by atoms with Crippen molar-refractivity contribution in [2.75, 3.05) is 13.1 Å². The molecule has 1 saturated heterocycles. The van der Waals surface area contributed by atoms with Crippen molar-refractivity contribution >= 4 is 16.0 Å². The predicted octanol–water partition coefficient (Wildman–Crippen LogP) is 0.272. The van der Waals surface area contributed by atoms with Gasteiger partial charge in [0.25, 0.3) is 0 Å². The smallest absolute Gasteiger partial charge is 0.307 e. The zero-order valence-corrected chi connectivity index (χ0v) is 11.8. The van der Waals surface area contributed by atoms with Crippen LogP contribution in [0, 0.1) is 11.8 Å². The van der Waals surface area contributed by atoms with E-state index < -0.39 is 33.3 Å². The van der Waals surface area contributed by atoms with Gasteiger partial charge in [-0.3, -0.25) is 4.79 Å². The molecule has 0 aromatic rings. The quantitative estimate of drug-likeness (QED) is 0.775. The molecule has 2 rings (SSSR count). The first-order chi connectivity index (χ1) is 8.84. The molecule has 2 aliphatic rings. The molecular formula is C12H21NO5S. The Labute approximate surface area is 113 Å². The highest BCUT2D eigenvalue weighted by Gasteiger charge is 2.46. The molecule has 4 unspecified atom stereocenters. The Hall–Kier alpha value is -0.660. The van der Waals surface area contributed by atoms with Crippen LogP contribution in [0.25, 0.3) is 0 Å². The summed E-state index contributed by atoms with van der Waals surface area (Å²) in [6.45, 7) is 2.36. The van der Waals surface area contributed by atoms with Gasteiger partial charge in [-0.15, -0.1) is 0 Å². The lowest BCUT2D eigenvalue weighted by Gasteiger charge is -2.24. The zero-order chi connectivity index (χ0) is 14.2. The number of carbonyl (C=O) groups is 1. The van der Waals surface area contributed by atoms with Crippen molar-refractivity contribution < 1.29 is 23.4 Å². The monoisotopic (exact) mass is 291 g/mol. The second kappa shape index (κ2) is 5.38. The first kappa shape index (κ1) is 14.7. The van der Waals surface area contributed by atoms with Gasteiger partial charge in [-0.05, 0) is 32.1 Å². The Bertz CT molecular complexity index is 447. The van der Waals surface area contributed by atoms with Crippen LogP contribution in [0.15, 0.2) is 0 Å². The van der Waals surface area contributed by atoms with E-state index in [4.69, 9.17) is 5.11 Å². The maximum atomic E-state index is 12.5. The molecule has 19 heavy (non-hydrogen) atoms. The molecule has 2 fully saturated rings. The van der Waals surface area contributed by atoms with Gasteiger partial charge in [-0.2, -0.15) is 0 Å². The summed E-state index contributed by atoms with van der Waals surface area (Å²) >= 11 is 0. The maximum Gasteiger partial charge on any atom is 0.307 e. The fourth-order valence-corrected chi connectivity index (χ4v) is 5.41. The Morgan fingerprint density at radius 1 is 1.32 bits per heavy atom. The van der Waals surface area contributed by atoms with Crippen LogP contribution in [-0.4, -0.2) is 53.3 Å². The highest BCUT2D eigenvalue weighted by atomic mass is 32.2. The third kappa shape index (κ3) is 2.78. The van der Waals surface area contributed by atoms with Gasteiger partial charge in [-0.25, -0.2) is 12.7 Å². The second-order valence-electron chi connectivity index (χ2n) is 5.61. The summed E-state index contributed by atoms with van der Waals surface area (Å²) in [6.07, 6.45) is 1.62. The molecular weight excluding hydrogens is 270 g/mol. The SMILES string of the molecule is CC(O)C1CCN(S(=O)(=O)C2CCCC2C(=O)O)C1. The number of aliphatic carboxylic acids is 1. The standard InChI is InChI=1S/C12H21NO5S/c1-8(14)9-5-6-13(7-9)19(17,18)11-4-2-3-10(11)12(15)16/h8-11,14H,2-7H2,1H3,(H,15,16). The van der Waals surface area contributed by atoms with Gasteiger partial charge in [0, 0.05) is 13.1 Å². The summed E-state index contributed by atoms with van der Waals surface area (Å²) in [4.78, 5) is 11.1. The molecule has 7 heteroatoms. The Morgan fingerprint density at radius 3 is 2.53 bits per heavy atom. The van der Waals surface area contributed by atoms with E-state index >= 15 is 0 Å². The highest BCUT2D eigenvalue weighted by Crippen LogP contribution is 2.35. The number of aliphatic hydroxyl groups is 1. The van der Waals surface area contributed by atoms with Gasteiger partial charge in [0.15, 0.2) is 0 Å². The van der Waals surface area contributed by atoms with Crippen molar-refractivity contribution in [1.29, 1.82) is 0 Å². The summed E-state index contributed by atoms with van der Waals surface area (Å²) in [5.41, 5.74) is 0. The zero-order valence-electron chi connectivity index (χ0n) is 11.0. The normalized spacial score (nSPS) is 34.5. The molecule has 0 aromatic heterocycles. The molecule has 1 aliphatic carbocycles. The summed E-state index contributed by atoms with van der Waals surface area (Å²) in [5.74, 6) is -1.84. The topological polar surface area (TPSA) is 94.9 Å². The molecule has 2 N–H and O–H groups in total. The van der Waals surface area contributed by atoms with Crippen LogP contribution in [0.2, 0.25) is 0 Å². The molecule has 0 bridgehead atoms. The first-order valence-corrected chi connectivity index (χ1v) is 8.24. The highest BCUT2D eigenvalue weighted by molar-refractivity contribution is 7.89. The van der Waals surface area contributed by atoms with Crippen LogP contribution in [0.1, 0.15) is 32.6 Å². The van der Waals surface area contributed by atoms with Crippen LogP contribution in [-0.2, 0) is 14.8 Å². The Balaban J connectivity index is 2.13. The number of rotatable bonds is 4. The van der Waals surface area contributed by atoms with Gasteiger partial charge in [-0.1, -0.05) is 6.42 Å².